The Kier molecular flexibility index (Phi) is 8.77. The first-order valence-electron chi connectivity index (χ1n) is 12.9. The fourth-order valence-electron chi connectivity index (χ4n) is 4.96. The van der Waals surface area contributed by atoms with Crippen molar-refractivity contribution in [1.82, 2.24) is 9.62 Å². The molecule has 3 aromatic rings. The number of aryl methyl sites for hydroxylation is 2. The lowest BCUT2D eigenvalue weighted by Gasteiger charge is -2.32. The molecule has 0 saturated heterocycles. The van der Waals surface area contributed by atoms with Crippen molar-refractivity contribution in [3.63, 3.8) is 0 Å². The lowest BCUT2D eigenvalue weighted by Crippen LogP contribution is -2.38. The number of carbonyl (C=O) groups is 1. The molecule has 37 heavy (non-hydrogen) atoms. The summed E-state index contributed by atoms with van der Waals surface area (Å²) < 4.78 is 42.9. The summed E-state index contributed by atoms with van der Waals surface area (Å²) in [5.74, 6) is -0.441. The van der Waals surface area contributed by atoms with Gasteiger partial charge in [0.15, 0.2) is 0 Å². The molecule has 0 atom stereocenters. The number of carbonyl (C=O) groups excluding carboxylic acids is 1. The van der Waals surface area contributed by atoms with Crippen molar-refractivity contribution in [2.24, 2.45) is 11.8 Å². The Bertz CT molecular complexity index is 1300. The highest BCUT2D eigenvalue weighted by molar-refractivity contribution is 7.89. The van der Waals surface area contributed by atoms with Crippen LogP contribution in [0.3, 0.4) is 0 Å². The summed E-state index contributed by atoms with van der Waals surface area (Å²) in [6.07, 6.45) is 2.99. The first-order chi connectivity index (χ1) is 17.7. The summed E-state index contributed by atoms with van der Waals surface area (Å²) in [4.78, 5) is 12.8. The first kappa shape index (κ1) is 27.0. The smallest absolute Gasteiger partial charge is 0.243 e. The van der Waals surface area contributed by atoms with Gasteiger partial charge in [-0.05, 0) is 74.3 Å². The number of hydrogen-bond donors (Lipinski definition) is 1. The van der Waals surface area contributed by atoms with Crippen molar-refractivity contribution in [2.45, 2.75) is 57.5 Å². The fraction of sp³-hybridized carbons (Fsp3) is 0.367. The summed E-state index contributed by atoms with van der Waals surface area (Å²) in [6.45, 7) is 4.79. The molecule has 1 saturated carbocycles. The number of rotatable bonds is 9. The van der Waals surface area contributed by atoms with Gasteiger partial charge in [0, 0.05) is 25.6 Å². The van der Waals surface area contributed by atoms with Crippen LogP contribution in [0.2, 0.25) is 0 Å². The normalized spacial score (nSPS) is 18.1. The Morgan fingerprint density at radius 1 is 0.919 bits per heavy atom. The average molecular weight is 523 g/mol. The van der Waals surface area contributed by atoms with Gasteiger partial charge in [-0.1, -0.05) is 66.2 Å². The van der Waals surface area contributed by atoms with Crippen molar-refractivity contribution < 1.29 is 17.6 Å². The van der Waals surface area contributed by atoms with E-state index < -0.39 is 15.8 Å². The van der Waals surface area contributed by atoms with Crippen LogP contribution in [0.25, 0.3) is 0 Å². The minimum Gasteiger partial charge on any atom is -0.352 e. The van der Waals surface area contributed by atoms with E-state index in [2.05, 4.69) is 5.32 Å². The molecule has 1 N–H and O–H groups in total. The van der Waals surface area contributed by atoms with Gasteiger partial charge < -0.3 is 5.32 Å². The molecule has 4 rings (SSSR count). The Morgan fingerprint density at radius 3 is 2.27 bits per heavy atom. The van der Waals surface area contributed by atoms with Crippen LogP contribution in [-0.2, 0) is 27.9 Å². The molecule has 0 spiro atoms. The first-order valence-corrected chi connectivity index (χ1v) is 14.3. The Hall–Kier alpha value is -3.03. The molecule has 0 aromatic heterocycles. The van der Waals surface area contributed by atoms with Gasteiger partial charge in [-0.25, -0.2) is 12.8 Å². The van der Waals surface area contributed by atoms with Crippen LogP contribution in [0.15, 0.2) is 77.7 Å². The Balaban J connectivity index is 1.41. The van der Waals surface area contributed by atoms with E-state index in [1.807, 2.05) is 61.5 Å². The topological polar surface area (TPSA) is 66.5 Å². The minimum atomic E-state index is -3.91. The molecular weight excluding hydrogens is 487 g/mol. The van der Waals surface area contributed by atoms with E-state index in [4.69, 9.17) is 0 Å². The summed E-state index contributed by atoms with van der Waals surface area (Å²) in [5, 5.41) is 3.05. The predicted molar refractivity (Wildman–Crippen MR) is 144 cm³/mol. The van der Waals surface area contributed by atoms with Crippen molar-refractivity contribution in [3.05, 3.63) is 101 Å². The van der Waals surface area contributed by atoms with E-state index >= 15 is 0 Å². The second-order valence-corrected chi connectivity index (χ2v) is 12.0. The number of hydrogen-bond acceptors (Lipinski definition) is 3. The summed E-state index contributed by atoms with van der Waals surface area (Å²) in [7, 11) is -3.91. The third-order valence-corrected chi connectivity index (χ3v) is 9.19. The fourth-order valence-corrected chi connectivity index (χ4v) is 6.70. The number of nitrogens with zero attached hydrogens (tertiary/aromatic N) is 1. The van der Waals surface area contributed by atoms with Crippen LogP contribution in [-0.4, -0.2) is 25.2 Å². The quantitative estimate of drug-likeness (QED) is 0.389. The molecule has 3 aromatic carbocycles. The van der Waals surface area contributed by atoms with Gasteiger partial charge in [-0.15, -0.1) is 0 Å². The number of sulfonamides is 1. The summed E-state index contributed by atoms with van der Waals surface area (Å²) in [5.41, 5.74) is 3.66. The van der Waals surface area contributed by atoms with Crippen molar-refractivity contribution in [1.29, 1.82) is 0 Å². The highest BCUT2D eigenvalue weighted by atomic mass is 32.2. The number of amides is 1. The maximum absolute atomic E-state index is 14.0. The maximum Gasteiger partial charge on any atom is 0.243 e. The van der Waals surface area contributed by atoms with Gasteiger partial charge in [0.1, 0.15) is 5.82 Å². The maximum atomic E-state index is 14.0. The third-order valence-electron chi connectivity index (χ3n) is 7.24. The SMILES string of the molecule is Cc1ccc(CNC(=O)C2CCC(CN(Cc3ccccc3)S(=O)(=O)c3cc(F)ccc3C)CC2)cc1. The molecule has 7 heteroatoms. The second kappa shape index (κ2) is 12.0. The zero-order valence-corrected chi connectivity index (χ0v) is 22.3. The summed E-state index contributed by atoms with van der Waals surface area (Å²) in [6, 6.07) is 21.5. The van der Waals surface area contributed by atoms with E-state index in [9.17, 15) is 17.6 Å². The van der Waals surface area contributed by atoms with Gasteiger partial charge >= 0.3 is 0 Å². The molecule has 1 fully saturated rings. The molecule has 0 aliphatic heterocycles. The Morgan fingerprint density at radius 2 is 1.59 bits per heavy atom. The highest BCUT2D eigenvalue weighted by Crippen LogP contribution is 2.32. The largest absolute Gasteiger partial charge is 0.352 e. The average Bonchev–Trinajstić information content (AvgIpc) is 2.90. The zero-order chi connectivity index (χ0) is 26.4. The van der Waals surface area contributed by atoms with Gasteiger partial charge in [-0.2, -0.15) is 4.31 Å². The van der Waals surface area contributed by atoms with Gasteiger partial charge in [0.05, 0.1) is 4.90 Å². The molecular formula is C30H35FN2O3S. The van der Waals surface area contributed by atoms with Gasteiger partial charge in [0.2, 0.25) is 15.9 Å². The molecule has 5 nitrogen and oxygen atoms in total. The molecule has 1 amide bonds. The standard InChI is InChI=1S/C30H35FN2O3S/c1-22-8-11-24(12-9-22)19-32-30(34)27-15-13-26(14-16-27)21-33(20-25-6-4-3-5-7-25)37(35,36)29-18-28(31)17-10-23(29)2/h3-12,17-18,26-27H,13-16,19-21H2,1-2H3,(H,32,34). The second-order valence-electron chi connectivity index (χ2n) is 10.1. The molecule has 1 aliphatic rings. The zero-order valence-electron chi connectivity index (χ0n) is 21.5. The lowest BCUT2D eigenvalue weighted by atomic mass is 9.81. The van der Waals surface area contributed by atoms with Gasteiger partial charge in [-0.3, -0.25) is 4.79 Å². The van der Waals surface area contributed by atoms with Crippen molar-refractivity contribution >= 4 is 15.9 Å². The molecule has 0 unspecified atom stereocenters. The Labute approximate surface area is 219 Å². The molecule has 0 bridgehead atoms. The monoisotopic (exact) mass is 522 g/mol. The number of halogens is 1. The van der Waals surface area contributed by atoms with E-state index in [0.29, 0.717) is 18.7 Å². The lowest BCUT2D eigenvalue weighted by molar-refractivity contribution is -0.126. The third kappa shape index (κ3) is 7.05. The van der Waals surface area contributed by atoms with Crippen LogP contribution >= 0.6 is 0 Å². The number of nitrogens with one attached hydrogen (secondary N) is 1. The summed E-state index contributed by atoms with van der Waals surface area (Å²) >= 11 is 0. The predicted octanol–water partition coefficient (Wildman–Crippen LogP) is 5.76. The van der Waals surface area contributed by atoms with E-state index in [-0.39, 0.29) is 29.2 Å². The van der Waals surface area contributed by atoms with Gasteiger partial charge in [0.25, 0.3) is 0 Å². The van der Waals surface area contributed by atoms with E-state index in [0.717, 1.165) is 42.9 Å². The van der Waals surface area contributed by atoms with Crippen LogP contribution in [0.4, 0.5) is 4.39 Å². The van der Waals surface area contributed by atoms with Crippen molar-refractivity contribution in [2.75, 3.05) is 6.54 Å². The van der Waals surface area contributed by atoms with Crippen LogP contribution < -0.4 is 5.32 Å². The molecule has 0 radical (unpaired) electrons. The van der Waals surface area contributed by atoms with Crippen LogP contribution in [0.1, 0.15) is 47.9 Å². The molecule has 0 heterocycles. The highest BCUT2D eigenvalue weighted by Gasteiger charge is 2.32. The molecule has 196 valence electrons. The van der Waals surface area contributed by atoms with E-state index in [1.165, 1.54) is 22.0 Å². The van der Waals surface area contributed by atoms with Crippen LogP contribution in [0.5, 0.6) is 0 Å². The van der Waals surface area contributed by atoms with Crippen LogP contribution in [0, 0.1) is 31.5 Å². The molecule has 1 aliphatic carbocycles. The minimum absolute atomic E-state index is 0.00704. The van der Waals surface area contributed by atoms with Crippen molar-refractivity contribution in [3.8, 4) is 0 Å². The number of benzene rings is 3. The van der Waals surface area contributed by atoms with E-state index in [1.54, 1.807) is 6.92 Å².